The Kier molecular flexibility index (Phi) is 12.0. The molecule has 10 nitrogen and oxygen atoms in total. The summed E-state index contributed by atoms with van der Waals surface area (Å²) in [5.74, 6) is 0.535. The van der Waals surface area contributed by atoms with Crippen molar-refractivity contribution >= 4 is 83.8 Å². The molecule has 0 N–H and O–H groups in total. The van der Waals surface area contributed by atoms with Crippen LogP contribution in [0.2, 0.25) is 0 Å². The van der Waals surface area contributed by atoms with Crippen LogP contribution in [0.4, 0.5) is 0 Å². The van der Waals surface area contributed by atoms with Gasteiger partial charge in [-0.05, 0) is 97.0 Å². The van der Waals surface area contributed by atoms with Crippen LogP contribution in [0.3, 0.4) is 0 Å². The first-order valence-corrected chi connectivity index (χ1v) is 18.5. The van der Waals surface area contributed by atoms with E-state index in [0.29, 0.717) is 60.0 Å². The molecule has 1 aliphatic rings. The van der Waals surface area contributed by atoms with Gasteiger partial charge in [-0.25, -0.2) is 14.6 Å². The molecular weight excluding hydrogens is 895 g/mol. The second-order valence-electron chi connectivity index (χ2n) is 10.5. The highest BCUT2D eigenvalue weighted by molar-refractivity contribution is 14.1. The van der Waals surface area contributed by atoms with E-state index in [4.69, 9.17) is 28.7 Å². The van der Waals surface area contributed by atoms with Gasteiger partial charge in [0.05, 0.1) is 58.4 Å². The molecule has 0 amide bonds. The van der Waals surface area contributed by atoms with Crippen molar-refractivity contribution < 1.29 is 33.3 Å². The number of allylic oxidation sites excluding steroid dienone is 1. The number of methoxy groups -OCH3 is 2. The number of nitrogens with zero attached hydrogens (tertiary/aromatic N) is 2. The second kappa shape index (κ2) is 16.0. The van der Waals surface area contributed by atoms with E-state index in [2.05, 4.69) is 54.5 Å². The van der Waals surface area contributed by atoms with Gasteiger partial charge in [-0.2, -0.15) is 0 Å². The van der Waals surface area contributed by atoms with Gasteiger partial charge in [-0.3, -0.25) is 9.36 Å². The SMILES string of the molecule is CCOC(=O)C1=C(C)N=c2s/c(=C\c3cc(Br)cc(I)c3OCc3ccc(C(=O)OCC)cc3)c(=O)n2[C@H]1c1cc(OC)c(OC)cc1Br. The van der Waals surface area contributed by atoms with Gasteiger partial charge in [0.15, 0.2) is 16.3 Å². The fourth-order valence-corrected chi connectivity index (χ4v) is 8.54. The number of carbonyl (C=O) groups excluding carboxylic acids is 2. The van der Waals surface area contributed by atoms with E-state index in [-0.39, 0.29) is 30.3 Å². The molecule has 14 heteroatoms. The standard InChI is InChI=1S/C35H31Br2IN2O8S/c1-6-46-33(42)20-10-8-19(9-11-20)17-48-31-21(12-22(36)14-25(31)38)13-28-32(41)40-30(23-15-26(44-4)27(45-5)16-24(23)37)29(34(43)47-7-2)18(3)39-35(40)49-28/h8-16,30H,6-7,17H2,1-5H3/b28-13-/t30-/m0/s1. The van der Waals surface area contributed by atoms with Crippen molar-refractivity contribution in [3.8, 4) is 17.2 Å². The zero-order chi connectivity index (χ0) is 35.4. The monoisotopic (exact) mass is 924 g/mol. The van der Waals surface area contributed by atoms with Crippen LogP contribution in [0.15, 0.2) is 78.5 Å². The van der Waals surface area contributed by atoms with Crippen LogP contribution in [0.5, 0.6) is 17.2 Å². The molecule has 0 spiro atoms. The smallest absolute Gasteiger partial charge is 0.338 e. The number of rotatable bonds is 11. The maximum Gasteiger partial charge on any atom is 0.338 e. The minimum atomic E-state index is -0.873. The average Bonchev–Trinajstić information content (AvgIpc) is 3.37. The van der Waals surface area contributed by atoms with Gasteiger partial charge in [0, 0.05) is 14.5 Å². The Labute approximate surface area is 316 Å². The fraction of sp³-hybridized carbons (Fsp3) is 0.257. The Hall–Kier alpha value is -3.47. The Morgan fingerprint density at radius 1 is 0.980 bits per heavy atom. The second-order valence-corrected chi connectivity index (χ2v) is 14.5. The van der Waals surface area contributed by atoms with Crippen LogP contribution < -0.4 is 29.1 Å². The number of benzene rings is 3. The first kappa shape index (κ1) is 36.8. The number of esters is 2. The lowest BCUT2D eigenvalue weighted by Gasteiger charge is -2.26. The van der Waals surface area contributed by atoms with Crippen molar-refractivity contribution in [3.63, 3.8) is 0 Å². The van der Waals surface area contributed by atoms with Crippen LogP contribution in [-0.4, -0.2) is 43.9 Å². The summed E-state index contributed by atoms with van der Waals surface area (Å²) in [4.78, 5) is 45.0. The molecule has 0 fully saturated rings. The molecule has 0 unspecified atom stereocenters. The minimum Gasteiger partial charge on any atom is -0.493 e. The lowest BCUT2D eigenvalue weighted by atomic mass is 9.95. The summed E-state index contributed by atoms with van der Waals surface area (Å²) in [5, 5.41) is 0. The summed E-state index contributed by atoms with van der Waals surface area (Å²) in [5.41, 5.74) is 2.89. The lowest BCUT2D eigenvalue weighted by Crippen LogP contribution is -2.40. The van der Waals surface area contributed by atoms with Crippen LogP contribution in [0.1, 0.15) is 53.9 Å². The molecule has 4 aromatic rings. The van der Waals surface area contributed by atoms with Crippen LogP contribution in [-0.2, 0) is 20.9 Å². The Balaban J connectivity index is 1.62. The first-order chi connectivity index (χ1) is 23.5. The summed E-state index contributed by atoms with van der Waals surface area (Å²) in [6.45, 7) is 5.89. The highest BCUT2D eigenvalue weighted by Gasteiger charge is 2.35. The molecule has 0 bridgehead atoms. The normalized spacial score (nSPS) is 14.2. The molecule has 3 aromatic carbocycles. The summed E-state index contributed by atoms with van der Waals surface area (Å²) in [7, 11) is 3.05. The first-order valence-electron chi connectivity index (χ1n) is 15.0. The quantitative estimate of drug-likeness (QED) is 0.121. The predicted molar refractivity (Wildman–Crippen MR) is 201 cm³/mol. The minimum absolute atomic E-state index is 0.152. The molecule has 5 rings (SSSR count). The number of hydrogen-bond donors (Lipinski definition) is 0. The van der Waals surface area contributed by atoms with Gasteiger partial charge in [0.1, 0.15) is 12.4 Å². The number of aromatic nitrogens is 1. The van der Waals surface area contributed by atoms with Crippen LogP contribution >= 0.6 is 65.8 Å². The summed E-state index contributed by atoms with van der Waals surface area (Å²) in [6, 6.07) is 13.4. The van der Waals surface area contributed by atoms with E-state index < -0.39 is 12.0 Å². The number of thiazole rings is 1. The third-order valence-corrected chi connectivity index (χ3v) is 10.4. The van der Waals surface area contributed by atoms with Gasteiger partial charge >= 0.3 is 11.9 Å². The molecule has 1 aliphatic heterocycles. The topological polar surface area (TPSA) is 115 Å². The van der Waals surface area contributed by atoms with E-state index in [9.17, 15) is 14.4 Å². The average molecular weight is 926 g/mol. The van der Waals surface area contributed by atoms with Crippen molar-refractivity contribution in [2.45, 2.75) is 33.4 Å². The van der Waals surface area contributed by atoms with E-state index in [1.54, 1.807) is 51.1 Å². The highest BCUT2D eigenvalue weighted by atomic mass is 127. The molecule has 0 saturated carbocycles. The molecule has 0 aliphatic carbocycles. The number of fused-ring (bicyclic) bond motifs is 1. The number of halogens is 3. The zero-order valence-electron chi connectivity index (χ0n) is 27.1. The third-order valence-electron chi connectivity index (χ3n) is 7.49. The third kappa shape index (κ3) is 7.81. The molecule has 1 atom stereocenters. The van der Waals surface area contributed by atoms with Gasteiger partial charge in [-0.1, -0.05) is 55.3 Å². The van der Waals surface area contributed by atoms with Crippen molar-refractivity contribution in [2.75, 3.05) is 27.4 Å². The van der Waals surface area contributed by atoms with Crippen LogP contribution in [0.25, 0.3) is 6.08 Å². The van der Waals surface area contributed by atoms with Crippen molar-refractivity contribution in [3.05, 3.63) is 114 Å². The van der Waals surface area contributed by atoms with E-state index >= 15 is 0 Å². The van der Waals surface area contributed by atoms with E-state index in [1.165, 1.54) is 30.1 Å². The molecule has 1 aromatic heterocycles. The zero-order valence-corrected chi connectivity index (χ0v) is 33.2. The van der Waals surface area contributed by atoms with Gasteiger partial charge in [0.2, 0.25) is 0 Å². The molecule has 0 saturated heterocycles. The molecule has 49 heavy (non-hydrogen) atoms. The fourth-order valence-electron chi connectivity index (χ4n) is 5.25. The Morgan fingerprint density at radius 3 is 2.29 bits per heavy atom. The molecule has 2 heterocycles. The van der Waals surface area contributed by atoms with Gasteiger partial charge < -0.3 is 23.7 Å². The highest BCUT2D eigenvalue weighted by Crippen LogP contribution is 2.41. The summed E-state index contributed by atoms with van der Waals surface area (Å²) in [6.07, 6.45) is 1.76. The van der Waals surface area contributed by atoms with Gasteiger partial charge in [0.25, 0.3) is 5.56 Å². The lowest BCUT2D eigenvalue weighted by molar-refractivity contribution is -0.139. The predicted octanol–water partition coefficient (Wildman–Crippen LogP) is 6.70. The van der Waals surface area contributed by atoms with E-state index in [1.807, 2.05) is 24.3 Å². The summed E-state index contributed by atoms with van der Waals surface area (Å²) < 4.78 is 32.0. The Morgan fingerprint density at radius 2 is 1.63 bits per heavy atom. The maximum atomic E-state index is 14.4. The molecular formula is C35H31Br2IN2O8S. The van der Waals surface area contributed by atoms with E-state index in [0.717, 1.165) is 13.6 Å². The largest absolute Gasteiger partial charge is 0.493 e. The number of carbonyl (C=O) groups is 2. The van der Waals surface area contributed by atoms with Crippen molar-refractivity contribution in [1.29, 1.82) is 0 Å². The number of hydrogen-bond acceptors (Lipinski definition) is 10. The van der Waals surface area contributed by atoms with Crippen molar-refractivity contribution in [2.24, 2.45) is 4.99 Å². The number of ether oxygens (including phenoxy) is 5. The summed E-state index contributed by atoms with van der Waals surface area (Å²) >= 11 is 10.6. The van der Waals surface area contributed by atoms with Crippen molar-refractivity contribution in [1.82, 2.24) is 4.57 Å². The molecule has 0 radical (unpaired) electrons. The van der Waals surface area contributed by atoms with Crippen LogP contribution in [0, 0.1) is 3.57 Å². The Bertz CT molecular complexity index is 2140. The van der Waals surface area contributed by atoms with Gasteiger partial charge in [-0.15, -0.1) is 0 Å². The molecule has 256 valence electrons. The maximum absolute atomic E-state index is 14.4.